The van der Waals surface area contributed by atoms with Crippen LogP contribution in [0.4, 0.5) is 0 Å². The van der Waals surface area contributed by atoms with Gasteiger partial charge in [-0.2, -0.15) is 5.10 Å². The molecule has 0 saturated heterocycles. The van der Waals surface area contributed by atoms with Crippen LogP contribution in [0, 0.1) is 0 Å². The van der Waals surface area contributed by atoms with Gasteiger partial charge in [0, 0.05) is 12.1 Å². The fourth-order valence-corrected chi connectivity index (χ4v) is 2.73. The fourth-order valence-electron chi connectivity index (χ4n) is 2.61. The number of hydrazone groups is 1. The van der Waals surface area contributed by atoms with E-state index in [1.54, 1.807) is 7.11 Å². The Labute approximate surface area is 141 Å². The minimum atomic E-state index is 0.526. The second-order valence-corrected chi connectivity index (χ2v) is 5.77. The molecule has 118 valence electrons. The lowest BCUT2D eigenvalue weighted by atomic mass is 10.1. The van der Waals surface area contributed by atoms with Crippen LogP contribution in [0.25, 0.3) is 0 Å². The molecule has 4 nitrogen and oxygen atoms in total. The molecule has 0 atom stereocenters. The number of benzene rings is 2. The number of aryl methyl sites for hydroxylation is 1. The Morgan fingerprint density at radius 1 is 1.13 bits per heavy atom. The molecule has 23 heavy (non-hydrogen) atoms. The third-order valence-corrected chi connectivity index (χ3v) is 4.10. The van der Waals surface area contributed by atoms with E-state index >= 15 is 0 Å². The third-order valence-electron chi connectivity index (χ3n) is 3.86. The molecule has 0 radical (unpaired) electrons. The SMILES string of the molecule is COc1ccc(CNC(=S)N/N=C2/CCc3ccccc32)cc1. The highest BCUT2D eigenvalue weighted by Crippen LogP contribution is 2.21. The molecule has 2 aromatic rings. The normalized spacial score (nSPS) is 14.4. The predicted octanol–water partition coefficient (Wildman–Crippen LogP) is 3.01. The van der Waals surface area contributed by atoms with Gasteiger partial charge in [-0.3, -0.25) is 5.43 Å². The Kier molecular flexibility index (Phi) is 4.88. The zero-order chi connectivity index (χ0) is 16.1. The van der Waals surface area contributed by atoms with Crippen LogP contribution >= 0.6 is 12.2 Å². The van der Waals surface area contributed by atoms with Crippen LogP contribution in [0.2, 0.25) is 0 Å². The number of methoxy groups -OCH3 is 1. The lowest BCUT2D eigenvalue weighted by Gasteiger charge is -2.08. The molecule has 2 aromatic carbocycles. The van der Waals surface area contributed by atoms with Crippen molar-refractivity contribution in [3.63, 3.8) is 0 Å². The summed E-state index contributed by atoms with van der Waals surface area (Å²) in [5.74, 6) is 0.848. The molecule has 0 fully saturated rings. The first-order valence-corrected chi connectivity index (χ1v) is 7.98. The van der Waals surface area contributed by atoms with Crippen molar-refractivity contribution < 1.29 is 4.74 Å². The summed E-state index contributed by atoms with van der Waals surface area (Å²) in [7, 11) is 1.66. The number of nitrogens with one attached hydrogen (secondary N) is 2. The minimum Gasteiger partial charge on any atom is -0.497 e. The van der Waals surface area contributed by atoms with Gasteiger partial charge in [0.05, 0.1) is 12.8 Å². The second-order valence-electron chi connectivity index (χ2n) is 5.36. The molecule has 1 aliphatic carbocycles. The molecule has 0 unspecified atom stereocenters. The highest BCUT2D eigenvalue weighted by Gasteiger charge is 2.16. The van der Waals surface area contributed by atoms with Crippen LogP contribution in [0.5, 0.6) is 5.75 Å². The summed E-state index contributed by atoms with van der Waals surface area (Å²) in [5.41, 5.74) is 7.71. The fraction of sp³-hybridized carbons (Fsp3) is 0.222. The number of hydrogen-bond acceptors (Lipinski definition) is 3. The molecule has 2 N–H and O–H groups in total. The number of hydrogen-bond donors (Lipinski definition) is 2. The first-order valence-electron chi connectivity index (χ1n) is 7.58. The average molecular weight is 325 g/mol. The van der Waals surface area contributed by atoms with Crippen LogP contribution in [-0.2, 0) is 13.0 Å². The monoisotopic (exact) mass is 325 g/mol. The number of fused-ring (bicyclic) bond motifs is 1. The first kappa shape index (κ1) is 15.5. The van der Waals surface area contributed by atoms with Gasteiger partial charge in [-0.25, -0.2) is 0 Å². The Morgan fingerprint density at radius 2 is 1.91 bits per heavy atom. The maximum absolute atomic E-state index is 5.28. The first-order chi connectivity index (χ1) is 11.3. The predicted molar refractivity (Wildman–Crippen MR) is 96.9 cm³/mol. The second kappa shape index (κ2) is 7.24. The quantitative estimate of drug-likeness (QED) is 0.670. The average Bonchev–Trinajstić information content (AvgIpc) is 3.02. The molecule has 0 spiro atoms. The molecule has 0 aliphatic heterocycles. The number of rotatable bonds is 4. The van der Waals surface area contributed by atoms with Crippen molar-refractivity contribution in [2.24, 2.45) is 5.10 Å². The van der Waals surface area contributed by atoms with E-state index in [-0.39, 0.29) is 0 Å². The van der Waals surface area contributed by atoms with E-state index in [0.717, 1.165) is 29.9 Å². The van der Waals surface area contributed by atoms with E-state index in [2.05, 4.69) is 34.0 Å². The molecule has 0 saturated carbocycles. The van der Waals surface area contributed by atoms with Gasteiger partial charge in [0.25, 0.3) is 0 Å². The number of ether oxygens (including phenoxy) is 1. The summed E-state index contributed by atoms with van der Waals surface area (Å²) in [6, 6.07) is 16.2. The van der Waals surface area contributed by atoms with Crippen LogP contribution in [0.15, 0.2) is 53.6 Å². The maximum atomic E-state index is 5.28. The van der Waals surface area contributed by atoms with Gasteiger partial charge in [0.15, 0.2) is 5.11 Å². The van der Waals surface area contributed by atoms with Gasteiger partial charge in [0.2, 0.25) is 0 Å². The Balaban J connectivity index is 1.53. The van der Waals surface area contributed by atoms with Gasteiger partial charge >= 0.3 is 0 Å². The molecule has 1 aliphatic rings. The standard InChI is InChI=1S/C18H19N3OS/c1-22-15-9-6-13(7-10-15)12-19-18(23)21-20-17-11-8-14-4-2-3-5-16(14)17/h2-7,9-10H,8,11-12H2,1H3,(H2,19,21,23)/b20-17-. The van der Waals surface area contributed by atoms with Crippen molar-refractivity contribution in [1.82, 2.24) is 10.7 Å². The van der Waals surface area contributed by atoms with Crippen molar-refractivity contribution in [3.8, 4) is 5.75 Å². The highest BCUT2D eigenvalue weighted by atomic mass is 32.1. The van der Waals surface area contributed by atoms with Gasteiger partial charge in [-0.1, -0.05) is 36.4 Å². The van der Waals surface area contributed by atoms with Gasteiger partial charge in [-0.05, 0) is 48.3 Å². The molecule has 0 bridgehead atoms. The maximum Gasteiger partial charge on any atom is 0.187 e. The van der Waals surface area contributed by atoms with E-state index < -0.39 is 0 Å². The molecule has 5 heteroatoms. The van der Waals surface area contributed by atoms with Crippen molar-refractivity contribution in [2.75, 3.05) is 7.11 Å². The van der Waals surface area contributed by atoms with Crippen LogP contribution in [-0.4, -0.2) is 17.9 Å². The largest absolute Gasteiger partial charge is 0.497 e. The molecule has 0 amide bonds. The molecule has 0 aromatic heterocycles. The highest BCUT2D eigenvalue weighted by molar-refractivity contribution is 7.80. The molecule has 0 heterocycles. The Hall–Kier alpha value is -2.40. The summed E-state index contributed by atoms with van der Waals surface area (Å²) in [6.07, 6.45) is 2.00. The smallest absolute Gasteiger partial charge is 0.187 e. The zero-order valence-corrected chi connectivity index (χ0v) is 13.8. The minimum absolute atomic E-state index is 0.526. The lowest BCUT2D eigenvalue weighted by molar-refractivity contribution is 0.414. The number of thiocarbonyl (C=S) groups is 1. The van der Waals surface area contributed by atoms with E-state index in [4.69, 9.17) is 17.0 Å². The summed E-state index contributed by atoms with van der Waals surface area (Å²) < 4.78 is 5.14. The van der Waals surface area contributed by atoms with E-state index in [1.807, 2.05) is 30.3 Å². The molecular weight excluding hydrogens is 306 g/mol. The van der Waals surface area contributed by atoms with Gasteiger partial charge in [-0.15, -0.1) is 0 Å². The van der Waals surface area contributed by atoms with E-state index in [1.165, 1.54) is 11.1 Å². The summed E-state index contributed by atoms with van der Waals surface area (Å²) in [5, 5.41) is 8.13. The summed E-state index contributed by atoms with van der Waals surface area (Å²) in [4.78, 5) is 0. The summed E-state index contributed by atoms with van der Waals surface area (Å²) >= 11 is 5.28. The zero-order valence-electron chi connectivity index (χ0n) is 13.0. The van der Waals surface area contributed by atoms with E-state index in [0.29, 0.717) is 11.7 Å². The van der Waals surface area contributed by atoms with Gasteiger partial charge in [0.1, 0.15) is 5.75 Å². The lowest BCUT2D eigenvalue weighted by Crippen LogP contribution is -2.32. The number of nitrogens with zero attached hydrogens (tertiary/aromatic N) is 1. The molecule has 3 rings (SSSR count). The van der Waals surface area contributed by atoms with Gasteiger partial charge < -0.3 is 10.1 Å². The van der Waals surface area contributed by atoms with Crippen molar-refractivity contribution in [1.29, 1.82) is 0 Å². The van der Waals surface area contributed by atoms with Crippen LogP contribution < -0.4 is 15.5 Å². The topological polar surface area (TPSA) is 45.6 Å². The summed E-state index contributed by atoms with van der Waals surface area (Å²) in [6.45, 7) is 0.650. The third kappa shape index (κ3) is 3.87. The van der Waals surface area contributed by atoms with Crippen molar-refractivity contribution in [2.45, 2.75) is 19.4 Å². The molecular formula is C18H19N3OS. The Morgan fingerprint density at radius 3 is 2.70 bits per heavy atom. The Bertz CT molecular complexity index is 725. The van der Waals surface area contributed by atoms with E-state index in [9.17, 15) is 0 Å². The van der Waals surface area contributed by atoms with Crippen LogP contribution in [0.3, 0.4) is 0 Å². The van der Waals surface area contributed by atoms with Crippen LogP contribution in [0.1, 0.15) is 23.1 Å². The van der Waals surface area contributed by atoms with Crippen molar-refractivity contribution in [3.05, 3.63) is 65.2 Å². The van der Waals surface area contributed by atoms with Crippen molar-refractivity contribution >= 4 is 23.0 Å².